The normalized spacial score (nSPS) is 10.9. The van der Waals surface area contributed by atoms with Crippen molar-refractivity contribution in [2.75, 3.05) is 0 Å². The molecule has 0 unspecified atom stereocenters. The largest absolute Gasteiger partial charge is 0.478 e. The summed E-state index contributed by atoms with van der Waals surface area (Å²) in [7, 11) is 0. The third kappa shape index (κ3) is 1.47. The number of fused-ring (bicyclic) bond motifs is 2. The summed E-state index contributed by atoms with van der Waals surface area (Å²) in [5.74, 6) is -1.05. The van der Waals surface area contributed by atoms with Crippen LogP contribution in [0.2, 0.25) is 0 Å². The second kappa shape index (κ2) is 3.70. The molecule has 0 aromatic heterocycles. The molecule has 1 aliphatic carbocycles. The standard InChI is InChI=1S/C14H9NO3/c16-12-6-5-9(14(17)18)13-10(12)7-8-3-1-2-4-11(8)15-13/h1-7,15H,(H,17,18). The first kappa shape index (κ1) is 10.5. The molecule has 1 aromatic rings. The Kier molecular flexibility index (Phi) is 2.16. The molecule has 2 aliphatic rings. The third-order valence-corrected chi connectivity index (χ3v) is 2.96. The lowest BCUT2D eigenvalue weighted by molar-refractivity contribution is 0.0697. The van der Waals surface area contributed by atoms with Crippen molar-refractivity contribution in [3.8, 4) is 11.3 Å². The highest BCUT2D eigenvalue weighted by molar-refractivity contribution is 5.97. The topological polar surface area (TPSA) is 70.2 Å². The Hall–Kier alpha value is -2.62. The van der Waals surface area contributed by atoms with E-state index in [9.17, 15) is 9.59 Å². The number of rotatable bonds is 1. The number of para-hydroxylation sites is 1. The van der Waals surface area contributed by atoms with Gasteiger partial charge in [0.05, 0.1) is 11.3 Å². The predicted octanol–water partition coefficient (Wildman–Crippen LogP) is 2.33. The number of carboxylic acids is 1. The minimum atomic E-state index is -1.05. The molecule has 0 bridgehead atoms. The van der Waals surface area contributed by atoms with Crippen LogP contribution in [0.3, 0.4) is 0 Å². The van der Waals surface area contributed by atoms with E-state index in [4.69, 9.17) is 5.11 Å². The lowest BCUT2D eigenvalue weighted by Gasteiger charge is -2.10. The lowest BCUT2D eigenvalue weighted by Crippen LogP contribution is -2.11. The fraction of sp³-hybridized carbons (Fsp3) is 0. The van der Waals surface area contributed by atoms with E-state index in [2.05, 4.69) is 4.98 Å². The van der Waals surface area contributed by atoms with Crippen molar-refractivity contribution >= 4 is 16.9 Å². The molecule has 1 aromatic carbocycles. The van der Waals surface area contributed by atoms with Gasteiger partial charge < -0.3 is 10.1 Å². The van der Waals surface area contributed by atoms with Gasteiger partial charge in [0, 0.05) is 11.1 Å². The molecule has 0 saturated heterocycles. The van der Waals surface area contributed by atoms with E-state index >= 15 is 0 Å². The number of aromatic carboxylic acids is 1. The Balaban J connectivity index is 2.51. The van der Waals surface area contributed by atoms with E-state index in [-0.39, 0.29) is 11.0 Å². The van der Waals surface area contributed by atoms with E-state index in [1.807, 2.05) is 24.3 Å². The minimum Gasteiger partial charge on any atom is -0.478 e. The molecular formula is C14H9NO3. The fourth-order valence-electron chi connectivity index (χ4n) is 2.08. The Morgan fingerprint density at radius 1 is 1.11 bits per heavy atom. The van der Waals surface area contributed by atoms with Gasteiger partial charge in [0.1, 0.15) is 0 Å². The van der Waals surface area contributed by atoms with Crippen LogP contribution in [0.5, 0.6) is 0 Å². The Bertz CT molecular complexity index is 789. The summed E-state index contributed by atoms with van der Waals surface area (Å²) < 4.78 is 0. The number of H-pyrrole nitrogens is 1. The van der Waals surface area contributed by atoms with Crippen LogP contribution >= 0.6 is 0 Å². The van der Waals surface area contributed by atoms with Crippen LogP contribution in [0.15, 0.2) is 47.3 Å². The summed E-state index contributed by atoms with van der Waals surface area (Å²) >= 11 is 0. The fourth-order valence-corrected chi connectivity index (χ4v) is 2.08. The summed E-state index contributed by atoms with van der Waals surface area (Å²) in [4.78, 5) is 25.9. The molecule has 4 heteroatoms. The van der Waals surface area contributed by atoms with Gasteiger partial charge in [-0.25, -0.2) is 4.79 Å². The monoisotopic (exact) mass is 239 g/mol. The van der Waals surface area contributed by atoms with Gasteiger partial charge in [0.25, 0.3) is 0 Å². The van der Waals surface area contributed by atoms with Gasteiger partial charge in [-0.05, 0) is 29.7 Å². The van der Waals surface area contributed by atoms with E-state index in [1.165, 1.54) is 12.1 Å². The molecule has 0 spiro atoms. The van der Waals surface area contributed by atoms with Crippen molar-refractivity contribution in [3.63, 3.8) is 0 Å². The van der Waals surface area contributed by atoms with E-state index in [0.29, 0.717) is 11.3 Å². The van der Waals surface area contributed by atoms with Gasteiger partial charge >= 0.3 is 5.97 Å². The summed E-state index contributed by atoms with van der Waals surface area (Å²) in [6.45, 7) is 0. The maximum Gasteiger partial charge on any atom is 0.337 e. The zero-order chi connectivity index (χ0) is 12.7. The number of benzene rings is 2. The van der Waals surface area contributed by atoms with Gasteiger partial charge in [0.15, 0.2) is 5.43 Å². The Morgan fingerprint density at radius 2 is 1.89 bits per heavy atom. The van der Waals surface area contributed by atoms with Gasteiger partial charge in [-0.3, -0.25) is 4.79 Å². The SMILES string of the molecule is O=C(O)c1ccc(=O)c2cc3ccccc3[nH]c1-2. The number of carboxylic acid groups (broad SMARTS) is 1. The molecule has 2 N–H and O–H groups in total. The van der Waals surface area contributed by atoms with Crippen LogP contribution in [0.1, 0.15) is 10.4 Å². The summed E-state index contributed by atoms with van der Waals surface area (Å²) in [6, 6.07) is 11.8. The maximum atomic E-state index is 11.8. The van der Waals surface area contributed by atoms with Crippen LogP contribution < -0.4 is 5.43 Å². The highest BCUT2D eigenvalue weighted by Gasteiger charge is 2.17. The number of carbonyl (C=O) groups is 1. The highest BCUT2D eigenvalue weighted by atomic mass is 16.4. The number of aromatic amines is 1. The average Bonchev–Trinajstić information content (AvgIpc) is 2.37. The highest BCUT2D eigenvalue weighted by Crippen LogP contribution is 2.24. The van der Waals surface area contributed by atoms with Crippen molar-refractivity contribution in [1.29, 1.82) is 0 Å². The summed E-state index contributed by atoms with van der Waals surface area (Å²) in [5.41, 5.74) is 1.49. The second-order valence-electron chi connectivity index (χ2n) is 4.06. The Morgan fingerprint density at radius 3 is 2.67 bits per heavy atom. The maximum absolute atomic E-state index is 11.8. The summed E-state index contributed by atoms with van der Waals surface area (Å²) in [6.07, 6.45) is 0. The van der Waals surface area contributed by atoms with E-state index in [1.54, 1.807) is 6.07 Å². The number of aromatic nitrogens is 1. The zero-order valence-corrected chi connectivity index (χ0v) is 9.31. The molecule has 0 amide bonds. The molecule has 0 saturated carbocycles. The molecule has 4 nitrogen and oxygen atoms in total. The predicted molar refractivity (Wildman–Crippen MR) is 68.2 cm³/mol. The van der Waals surface area contributed by atoms with Crippen LogP contribution in [-0.4, -0.2) is 16.1 Å². The van der Waals surface area contributed by atoms with Gasteiger partial charge in [-0.2, -0.15) is 0 Å². The Labute approximate surface area is 102 Å². The van der Waals surface area contributed by atoms with Crippen molar-refractivity contribution in [2.45, 2.75) is 0 Å². The molecule has 3 rings (SSSR count). The molecular weight excluding hydrogens is 230 g/mol. The minimum absolute atomic E-state index is 0.107. The lowest BCUT2D eigenvalue weighted by atomic mass is 10.0. The number of hydrogen-bond acceptors (Lipinski definition) is 2. The summed E-state index contributed by atoms with van der Waals surface area (Å²) in [5, 5.41) is 10.0. The molecule has 0 atom stereocenters. The quantitative estimate of drug-likeness (QED) is 0.640. The first-order chi connectivity index (χ1) is 8.66. The van der Waals surface area contributed by atoms with Crippen molar-refractivity contribution in [2.24, 2.45) is 0 Å². The van der Waals surface area contributed by atoms with Gasteiger partial charge in [0.2, 0.25) is 0 Å². The van der Waals surface area contributed by atoms with Gasteiger partial charge in [-0.15, -0.1) is 0 Å². The van der Waals surface area contributed by atoms with Crippen LogP contribution in [-0.2, 0) is 0 Å². The van der Waals surface area contributed by atoms with E-state index < -0.39 is 5.97 Å². The molecule has 18 heavy (non-hydrogen) atoms. The van der Waals surface area contributed by atoms with Crippen molar-refractivity contribution < 1.29 is 9.90 Å². The van der Waals surface area contributed by atoms with Gasteiger partial charge in [-0.1, -0.05) is 18.2 Å². The second-order valence-corrected chi connectivity index (χ2v) is 4.06. The third-order valence-electron chi connectivity index (χ3n) is 2.96. The molecule has 1 heterocycles. The van der Waals surface area contributed by atoms with Crippen LogP contribution in [0, 0.1) is 0 Å². The average molecular weight is 239 g/mol. The number of nitrogens with one attached hydrogen (secondary N) is 1. The smallest absolute Gasteiger partial charge is 0.337 e. The number of pyridine rings is 1. The number of hydrogen-bond donors (Lipinski definition) is 2. The van der Waals surface area contributed by atoms with Crippen LogP contribution in [0.25, 0.3) is 22.2 Å². The molecule has 0 radical (unpaired) electrons. The van der Waals surface area contributed by atoms with Crippen molar-refractivity contribution in [3.05, 3.63) is 58.3 Å². The van der Waals surface area contributed by atoms with E-state index in [0.717, 1.165) is 10.9 Å². The zero-order valence-electron chi connectivity index (χ0n) is 9.31. The van der Waals surface area contributed by atoms with Crippen molar-refractivity contribution in [1.82, 2.24) is 4.98 Å². The molecule has 0 fully saturated rings. The van der Waals surface area contributed by atoms with Crippen LogP contribution in [0.4, 0.5) is 0 Å². The molecule has 88 valence electrons. The molecule has 1 aliphatic heterocycles. The first-order valence-electron chi connectivity index (χ1n) is 5.45. The first-order valence-corrected chi connectivity index (χ1v) is 5.45.